The summed E-state index contributed by atoms with van der Waals surface area (Å²) < 4.78 is 75.3. The van der Waals surface area contributed by atoms with Gasteiger partial charge in [0.25, 0.3) is 0 Å². The van der Waals surface area contributed by atoms with Crippen molar-refractivity contribution in [3.63, 3.8) is 0 Å². The number of carbonyl (C=O) groups is 1. The van der Waals surface area contributed by atoms with Crippen LogP contribution in [0.1, 0.15) is 31.7 Å². The van der Waals surface area contributed by atoms with E-state index in [-0.39, 0.29) is 5.56 Å². The summed E-state index contributed by atoms with van der Waals surface area (Å²) in [6.07, 6.45) is -5.33. The van der Waals surface area contributed by atoms with Gasteiger partial charge in [-0.05, 0) is 49.6 Å². The summed E-state index contributed by atoms with van der Waals surface area (Å²) in [6, 6.07) is 9.57. The molecule has 5 nitrogen and oxygen atoms in total. The lowest BCUT2D eigenvalue weighted by molar-refractivity contribution is -0.284. The summed E-state index contributed by atoms with van der Waals surface area (Å²) in [5.41, 5.74) is 7.04. The van der Waals surface area contributed by atoms with Crippen LogP contribution in [-0.2, 0) is 22.0 Å². The molecule has 2 heterocycles. The number of likely N-dealkylation sites (tertiary alicyclic amines) is 1. The van der Waals surface area contributed by atoms with E-state index in [4.69, 9.17) is 5.73 Å². The second kappa shape index (κ2) is 10.1. The van der Waals surface area contributed by atoms with E-state index in [2.05, 4.69) is 9.88 Å². The summed E-state index contributed by atoms with van der Waals surface area (Å²) in [5, 5.41) is 0. The van der Waals surface area contributed by atoms with Crippen LogP contribution in [-0.4, -0.2) is 56.5 Å². The van der Waals surface area contributed by atoms with Gasteiger partial charge in [-0.3, -0.25) is 14.0 Å². The van der Waals surface area contributed by atoms with Gasteiger partial charge in [-0.25, -0.2) is 0 Å². The third-order valence-electron chi connectivity index (χ3n) is 6.25. The SMILES string of the molecule is CCN1CCC(C(N)=O)(S(=O)c2ccc(-c3ccc(CCC(F)(F)C(F)(F)F)cn3)cc2)CC1. The average Bonchev–Trinajstić information content (AvgIpc) is 2.82. The highest BCUT2D eigenvalue weighted by Crippen LogP contribution is 2.39. The third-order valence-corrected chi connectivity index (χ3v) is 8.27. The Labute approximate surface area is 197 Å². The second-order valence-electron chi connectivity index (χ2n) is 8.34. The monoisotopic (exact) mass is 503 g/mol. The predicted molar refractivity (Wildman–Crippen MR) is 119 cm³/mol. The number of hydrogen-bond donors (Lipinski definition) is 1. The van der Waals surface area contributed by atoms with Gasteiger partial charge in [0.05, 0.1) is 16.5 Å². The summed E-state index contributed by atoms with van der Waals surface area (Å²) in [6.45, 7) is 4.13. The molecular weight excluding hydrogens is 477 g/mol. The minimum absolute atomic E-state index is 0.257. The maximum Gasteiger partial charge on any atom is 0.453 e. The van der Waals surface area contributed by atoms with Crippen molar-refractivity contribution in [3.05, 3.63) is 48.2 Å². The first-order valence-electron chi connectivity index (χ1n) is 10.8. The fourth-order valence-corrected chi connectivity index (χ4v) is 5.49. The van der Waals surface area contributed by atoms with Crippen molar-refractivity contribution in [1.29, 1.82) is 0 Å². The van der Waals surface area contributed by atoms with Crippen molar-refractivity contribution in [2.24, 2.45) is 5.73 Å². The zero-order chi connectivity index (χ0) is 25.1. The average molecular weight is 504 g/mol. The van der Waals surface area contributed by atoms with E-state index in [0.29, 0.717) is 42.1 Å². The van der Waals surface area contributed by atoms with E-state index < -0.39 is 46.4 Å². The smallest absolute Gasteiger partial charge is 0.368 e. The molecule has 1 aliphatic rings. The van der Waals surface area contributed by atoms with Crippen LogP contribution in [0.25, 0.3) is 11.3 Å². The molecule has 0 radical (unpaired) electrons. The van der Waals surface area contributed by atoms with Gasteiger partial charge < -0.3 is 10.6 Å². The Morgan fingerprint density at radius 1 is 1.09 bits per heavy atom. The fraction of sp³-hybridized carbons (Fsp3) is 0.478. The topological polar surface area (TPSA) is 76.3 Å². The first kappa shape index (κ1) is 26.2. The standard InChI is InChI=1S/C23H26F5N3O2S/c1-2-31-13-11-21(12-14-31,20(29)32)34(33)18-6-4-17(5-7-18)19-8-3-16(15-30-19)9-10-22(24,25)23(26,27)28/h3-8,15H,2,9-14H2,1H3,(H2,29,32). The largest absolute Gasteiger partial charge is 0.453 e. The number of rotatable bonds is 8. The maximum atomic E-state index is 13.3. The van der Waals surface area contributed by atoms with Crippen LogP contribution in [0.2, 0.25) is 0 Å². The molecule has 1 fully saturated rings. The summed E-state index contributed by atoms with van der Waals surface area (Å²) in [4.78, 5) is 19.0. The molecule has 1 aliphatic heterocycles. The van der Waals surface area contributed by atoms with Gasteiger partial charge in [0, 0.05) is 36.2 Å². The summed E-state index contributed by atoms with van der Waals surface area (Å²) >= 11 is 0. The number of aryl methyl sites for hydroxylation is 1. The lowest BCUT2D eigenvalue weighted by atomic mass is 9.95. The Morgan fingerprint density at radius 2 is 1.71 bits per heavy atom. The second-order valence-corrected chi connectivity index (χ2v) is 10.1. The zero-order valence-electron chi connectivity index (χ0n) is 18.6. The highest BCUT2D eigenvalue weighted by atomic mass is 32.2. The van der Waals surface area contributed by atoms with E-state index in [0.717, 1.165) is 6.54 Å². The van der Waals surface area contributed by atoms with Crippen molar-refractivity contribution in [3.8, 4) is 11.3 Å². The van der Waals surface area contributed by atoms with Gasteiger partial charge in [0.2, 0.25) is 5.91 Å². The molecule has 2 aromatic rings. The Morgan fingerprint density at radius 3 is 2.18 bits per heavy atom. The quantitative estimate of drug-likeness (QED) is 0.545. The number of carbonyl (C=O) groups excluding carboxylic acids is 1. The first-order valence-corrected chi connectivity index (χ1v) is 12.0. The number of amides is 1. The molecule has 1 unspecified atom stereocenters. The van der Waals surface area contributed by atoms with Crippen LogP contribution in [0.5, 0.6) is 0 Å². The number of nitrogens with two attached hydrogens (primary N) is 1. The molecule has 0 saturated carbocycles. The van der Waals surface area contributed by atoms with Gasteiger partial charge in [-0.2, -0.15) is 22.0 Å². The molecule has 1 atom stereocenters. The Bertz CT molecular complexity index is 1020. The van der Waals surface area contributed by atoms with Crippen LogP contribution in [0.4, 0.5) is 22.0 Å². The molecule has 186 valence electrons. The van der Waals surface area contributed by atoms with E-state index in [1.54, 1.807) is 24.3 Å². The zero-order valence-corrected chi connectivity index (χ0v) is 19.4. The number of hydrogen-bond acceptors (Lipinski definition) is 4. The molecule has 1 aromatic heterocycles. The molecule has 0 spiro atoms. The maximum absolute atomic E-state index is 13.3. The number of piperidine rings is 1. The molecule has 3 rings (SSSR count). The molecule has 1 saturated heterocycles. The number of primary amides is 1. The van der Waals surface area contributed by atoms with Gasteiger partial charge in [-0.1, -0.05) is 25.1 Å². The van der Waals surface area contributed by atoms with E-state index in [1.807, 2.05) is 6.92 Å². The van der Waals surface area contributed by atoms with Crippen LogP contribution >= 0.6 is 0 Å². The number of halogens is 5. The number of nitrogens with zero attached hydrogens (tertiary/aromatic N) is 2. The lowest BCUT2D eigenvalue weighted by Crippen LogP contribution is -2.54. The normalized spacial score (nSPS) is 17.9. The number of aromatic nitrogens is 1. The number of benzene rings is 1. The molecular formula is C23H26F5N3O2S. The highest BCUT2D eigenvalue weighted by molar-refractivity contribution is 7.87. The summed E-state index contributed by atoms with van der Waals surface area (Å²) in [7, 11) is -1.65. The Hall–Kier alpha value is -2.40. The van der Waals surface area contributed by atoms with Crippen LogP contribution in [0.15, 0.2) is 47.5 Å². The van der Waals surface area contributed by atoms with Crippen molar-refractivity contribution in [2.75, 3.05) is 19.6 Å². The summed E-state index contributed by atoms with van der Waals surface area (Å²) in [5.74, 6) is -5.34. The number of pyridine rings is 1. The van der Waals surface area contributed by atoms with E-state index >= 15 is 0 Å². The van der Waals surface area contributed by atoms with Crippen molar-refractivity contribution >= 4 is 16.7 Å². The van der Waals surface area contributed by atoms with Gasteiger partial charge >= 0.3 is 12.1 Å². The molecule has 1 aromatic carbocycles. The highest BCUT2D eigenvalue weighted by Gasteiger charge is 2.56. The van der Waals surface area contributed by atoms with Gasteiger partial charge in [-0.15, -0.1) is 0 Å². The first-order chi connectivity index (χ1) is 15.9. The van der Waals surface area contributed by atoms with E-state index in [9.17, 15) is 31.0 Å². The Balaban J connectivity index is 1.70. The Kier molecular flexibility index (Phi) is 7.76. The fourth-order valence-electron chi connectivity index (χ4n) is 3.91. The van der Waals surface area contributed by atoms with Crippen LogP contribution < -0.4 is 5.73 Å². The molecule has 11 heteroatoms. The molecule has 1 amide bonds. The van der Waals surface area contributed by atoms with Crippen molar-refractivity contribution in [1.82, 2.24) is 9.88 Å². The van der Waals surface area contributed by atoms with Crippen LogP contribution in [0, 0.1) is 0 Å². The van der Waals surface area contributed by atoms with Gasteiger partial charge in [0.1, 0.15) is 4.75 Å². The third kappa shape index (κ3) is 5.46. The molecule has 34 heavy (non-hydrogen) atoms. The molecule has 2 N–H and O–H groups in total. The van der Waals surface area contributed by atoms with Gasteiger partial charge in [0.15, 0.2) is 0 Å². The van der Waals surface area contributed by atoms with E-state index in [1.165, 1.54) is 18.3 Å². The van der Waals surface area contributed by atoms with Crippen molar-refractivity contribution < 1.29 is 31.0 Å². The predicted octanol–water partition coefficient (Wildman–Crippen LogP) is 4.33. The minimum Gasteiger partial charge on any atom is -0.368 e. The number of alkyl halides is 5. The minimum atomic E-state index is -5.58. The van der Waals surface area contributed by atoms with Crippen molar-refractivity contribution in [2.45, 2.75) is 54.3 Å². The lowest BCUT2D eigenvalue weighted by Gasteiger charge is -2.38. The molecule has 0 aliphatic carbocycles. The van der Waals surface area contributed by atoms with Crippen LogP contribution in [0.3, 0.4) is 0 Å². The molecule has 0 bridgehead atoms.